The Balaban J connectivity index is 0.820. The molecule has 0 aromatic heterocycles. The zero-order valence-corrected chi connectivity index (χ0v) is 42.3. The van der Waals surface area contributed by atoms with Crippen molar-refractivity contribution in [2.45, 2.75) is 25.7 Å². The lowest BCUT2D eigenvalue weighted by Gasteiger charge is -2.26. The van der Waals surface area contributed by atoms with Crippen LogP contribution in [-0.4, -0.2) is 0 Å². The zero-order valence-electron chi connectivity index (χ0n) is 42.3. The van der Waals surface area contributed by atoms with Crippen LogP contribution in [-0.2, 0) is 5.41 Å². The number of anilines is 3. The molecule has 0 saturated heterocycles. The van der Waals surface area contributed by atoms with Crippen molar-refractivity contribution in [3.63, 3.8) is 0 Å². The Morgan fingerprint density at radius 2 is 0.733 bits per heavy atom. The number of allylic oxidation sites excluding steroid dienone is 6. The van der Waals surface area contributed by atoms with E-state index in [0.717, 1.165) is 23.5 Å². The molecule has 0 saturated carbocycles. The highest BCUT2D eigenvalue weighted by atomic mass is 15.1. The Bertz CT molecular complexity index is 3990. The second kappa shape index (κ2) is 19.3. The van der Waals surface area contributed by atoms with E-state index < -0.39 is 0 Å². The number of fused-ring (bicyclic) bond motifs is 4. The first-order valence-electron chi connectivity index (χ1n) is 26.2. The molecule has 0 fully saturated rings. The molecule has 1 nitrogen and oxygen atoms in total. The number of hydrogen-bond acceptors (Lipinski definition) is 1. The molecule has 13 rings (SSSR count). The number of benzene rings is 11. The maximum Gasteiger partial charge on any atom is 0.0462 e. The molecular weight excluding hydrogens is 903 g/mol. The summed E-state index contributed by atoms with van der Waals surface area (Å²) in [5, 5.41) is 2.51. The van der Waals surface area contributed by atoms with Crippen molar-refractivity contribution in [2.75, 3.05) is 4.90 Å². The molecule has 0 aliphatic heterocycles. The molecule has 2 aliphatic rings. The van der Waals surface area contributed by atoms with E-state index in [9.17, 15) is 0 Å². The van der Waals surface area contributed by atoms with E-state index in [1.54, 1.807) is 0 Å². The molecule has 0 bridgehead atoms. The van der Waals surface area contributed by atoms with Crippen molar-refractivity contribution in [1.29, 1.82) is 0 Å². The molecule has 11 aromatic rings. The van der Waals surface area contributed by atoms with Gasteiger partial charge in [0.05, 0.1) is 0 Å². The molecule has 0 N–H and O–H groups in total. The van der Waals surface area contributed by atoms with Gasteiger partial charge in [-0.15, -0.1) is 0 Å². The van der Waals surface area contributed by atoms with E-state index in [2.05, 4.69) is 304 Å². The minimum atomic E-state index is -0.0592. The lowest BCUT2D eigenvalue weighted by Crippen LogP contribution is -2.14. The molecule has 0 heterocycles. The Morgan fingerprint density at radius 1 is 0.293 bits per heavy atom. The van der Waals surface area contributed by atoms with Gasteiger partial charge in [-0.05, 0) is 178 Å². The highest BCUT2D eigenvalue weighted by molar-refractivity contribution is 5.95. The second-order valence-corrected chi connectivity index (χ2v) is 20.5. The molecule has 0 spiro atoms. The smallest absolute Gasteiger partial charge is 0.0462 e. The van der Waals surface area contributed by atoms with Crippen LogP contribution < -0.4 is 4.90 Å². The van der Waals surface area contributed by atoms with Crippen LogP contribution in [0.1, 0.15) is 48.1 Å². The van der Waals surface area contributed by atoms with Crippen LogP contribution in [0, 0.1) is 0 Å². The van der Waals surface area contributed by atoms with E-state index in [4.69, 9.17) is 0 Å². The number of nitrogens with zero attached hydrogens (tertiary/aromatic N) is 1. The van der Waals surface area contributed by atoms with Gasteiger partial charge in [-0.1, -0.05) is 238 Å². The summed E-state index contributed by atoms with van der Waals surface area (Å²) >= 11 is 0. The minimum absolute atomic E-state index is 0.0592. The molecule has 0 unspecified atom stereocenters. The largest absolute Gasteiger partial charge is 0.311 e. The lowest BCUT2D eigenvalue weighted by molar-refractivity contribution is 0.660. The van der Waals surface area contributed by atoms with Crippen LogP contribution in [0.15, 0.2) is 285 Å². The van der Waals surface area contributed by atoms with E-state index in [1.807, 2.05) is 0 Å². The Kier molecular flexibility index (Phi) is 11.7. The summed E-state index contributed by atoms with van der Waals surface area (Å²) in [6.07, 6.45) is 7.94. The van der Waals surface area contributed by atoms with Gasteiger partial charge in [0.2, 0.25) is 0 Å². The van der Waals surface area contributed by atoms with Crippen molar-refractivity contribution >= 4 is 44.6 Å². The summed E-state index contributed by atoms with van der Waals surface area (Å²) in [5.41, 5.74) is 25.7. The van der Waals surface area contributed by atoms with E-state index in [1.165, 1.54) is 111 Å². The number of rotatable bonds is 10. The third kappa shape index (κ3) is 8.83. The van der Waals surface area contributed by atoms with Gasteiger partial charge in [-0.25, -0.2) is 0 Å². The predicted octanol–water partition coefficient (Wildman–Crippen LogP) is 20.2. The van der Waals surface area contributed by atoms with Gasteiger partial charge in [0.25, 0.3) is 0 Å². The van der Waals surface area contributed by atoms with Gasteiger partial charge < -0.3 is 4.90 Å². The Labute approximate surface area is 441 Å². The molecule has 0 amide bonds. The van der Waals surface area contributed by atoms with Gasteiger partial charge in [0.1, 0.15) is 0 Å². The van der Waals surface area contributed by atoms with Crippen LogP contribution in [0.25, 0.3) is 83.1 Å². The Hall–Kier alpha value is -9.30. The van der Waals surface area contributed by atoms with Gasteiger partial charge in [-0.3, -0.25) is 0 Å². The summed E-state index contributed by atoms with van der Waals surface area (Å²) in [5.74, 6) is 0. The summed E-state index contributed by atoms with van der Waals surface area (Å²) in [7, 11) is 0. The maximum atomic E-state index is 2.41. The summed E-state index contributed by atoms with van der Waals surface area (Å²) < 4.78 is 0. The SMILES string of the molecule is CC1(C)c2ccccc2-c2ccc(-c3ccc(N(c4ccc(C5=CCC(c6ccccc6)=CC(c6ccccc6)=C5)cc4)c4ccc(-c5ccc(-c6cccc(-c7ccc8ccccc8c7)c6)cc5)cc4)cc3)cc21. The van der Waals surface area contributed by atoms with E-state index in [0.29, 0.717) is 0 Å². The standard InChI is InChI=1S/C74H55N/c1-74(2)72-23-12-11-22-70(72)71-45-38-65(50-73(71)74)58-36-43-69(44-37-58)75(68-41-34-57(35-42-68)63-31-30-62(51-14-5-3-6-15-51)48-66(49-63)52-16-7-4-8-17-52)67-39-32-55(33-40-67)54-24-26-56(27-25-54)60-20-13-21-61(46-60)64-29-28-53-18-9-10-19-59(53)47-64/h3-29,31-50H,30H2,1-2H3. The molecule has 356 valence electrons. The topological polar surface area (TPSA) is 3.24 Å². The fourth-order valence-corrected chi connectivity index (χ4v) is 11.4. The maximum absolute atomic E-state index is 2.41. The molecule has 11 aromatic carbocycles. The average molecular weight is 958 g/mol. The Morgan fingerprint density at radius 3 is 1.39 bits per heavy atom. The fourth-order valence-electron chi connectivity index (χ4n) is 11.4. The third-order valence-electron chi connectivity index (χ3n) is 15.6. The first-order valence-corrected chi connectivity index (χ1v) is 26.2. The van der Waals surface area contributed by atoms with Crippen LogP contribution in [0.4, 0.5) is 17.1 Å². The van der Waals surface area contributed by atoms with Gasteiger partial charge in [-0.2, -0.15) is 0 Å². The average Bonchev–Trinajstić information content (AvgIpc) is 3.58. The van der Waals surface area contributed by atoms with Crippen molar-refractivity contribution in [3.8, 4) is 55.6 Å². The molecule has 2 aliphatic carbocycles. The van der Waals surface area contributed by atoms with Gasteiger partial charge in [0, 0.05) is 22.5 Å². The zero-order chi connectivity index (χ0) is 50.3. The third-order valence-corrected chi connectivity index (χ3v) is 15.6. The minimum Gasteiger partial charge on any atom is -0.311 e. The molecule has 0 atom stereocenters. The highest BCUT2D eigenvalue weighted by Gasteiger charge is 2.35. The van der Waals surface area contributed by atoms with E-state index >= 15 is 0 Å². The normalized spacial score (nSPS) is 13.5. The van der Waals surface area contributed by atoms with Crippen LogP contribution in [0.5, 0.6) is 0 Å². The van der Waals surface area contributed by atoms with Crippen LogP contribution in [0.3, 0.4) is 0 Å². The highest BCUT2D eigenvalue weighted by Crippen LogP contribution is 2.50. The van der Waals surface area contributed by atoms with Crippen LogP contribution in [0.2, 0.25) is 0 Å². The quantitative estimate of drug-likeness (QED) is 0.132. The molecule has 1 heteroatoms. The van der Waals surface area contributed by atoms with Crippen LogP contribution >= 0.6 is 0 Å². The first kappa shape index (κ1) is 45.6. The van der Waals surface area contributed by atoms with Gasteiger partial charge >= 0.3 is 0 Å². The predicted molar refractivity (Wildman–Crippen MR) is 319 cm³/mol. The lowest BCUT2D eigenvalue weighted by atomic mass is 9.81. The summed E-state index contributed by atoms with van der Waals surface area (Å²) in [6, 6.07) is 97.8. The summed E-state index contributed by atoms with van der Waals surface area (Å²) in [4.78, 5) is 2.38. The summed E-state index contributed by atoms with van der Waals surface area (Å²) in [6.45, 7) is 4.70. The molecule has 0 radical (unpaired) electrons. The molecular formula is C74H55N. The molecule has 75 heavy (non-hydrogen) atoms. The van der Waals surface area contributed by atoms with Gasteiger partial charge in [0.15, 0.2) is 0 Å². The number of hydrogen-bond donors (Lipinski definition) is 0. The second-order valence-electron chi connectivity index (χ2n) is 20.5. The van der Waals surface area contributed by atoms with E-state index in [-0.39, 0.29) is 5.41 Å². The van der Waals surface area contributed by atoms with Crippen molar-refractivity contribution < 1.29 is 0 Å². The van der Waals surface area contributed by atoms with Crippen molar-refractivity contribution in [1.82, 2.24) is 0 Å². The van der Waals surface area contributed by atoms with Crippen molar-refractivity contribution in [2.24, 2.45) is 0 Å². The monoisotopic (exact) mass is 957 g/mol. The fraction of sp³-hybridized carbons (Fsp3) is 0.0541. The van der Waals surface area contributed by atoms with Crippen molar-refractivity contribution in [3.05, 3.63) is 313 Å². The first-order chi connectivity index (χ1) is 36.9.